The highest BCUT2D eigenvalue weighted by Gasteiger charge is 2.19. The standard InChI is InChI=1S/C26H26N2O3/c29-26(12-10-19-9-11-24-25(17-19)31-16-15-30-24)27-22-7-3-1-6-21(22)18-28-14-13-20-5-2-4-8-23(20)28/h1-9,11,17H,10,12-16,18H2,(H,27,29). The number of para-hydroxylation sites is 2. The van der Waals surface area contributed by atoms with Crippen molar-refractivity contribution in [2.45, 2.75) is 25.8 Å². The van der Waals surface area contributed by atoms with E-state index in [0.29, 0.717) is 26.1 Å². The monoisotopic (exact) mass is 414 g/mol. The van der Waals surface area contributed by atoms with E-state index in [9.17, 15) is 4.79 Å². The Hall–Kier alpha value is -3.47. The molecule has 3 aromatic carbocycles. The molecule has 3 aromatic rings. The van der Waals surface area contributed by atoms with Gasteiger partial charge < -0.3 is 19.7 Å². The number of nitrogens with one attached hydrogen (secondary N) is 1. The number of hydrogen-bond donors (Lipinski definition) is 1. The lowest BCUT2D eigenvalue weighted by molar-refractivity contribution is -0.116. The van der Waals surface area contributed by atoms with Gasteiger partial charge in [-0.15, -0.1) is 0 Å². The minimum Gasteiger partial charge on any atom is -0.486 e. The van der Waals surface area contributed by atoms with Crippen molar-refractivity contribution < 1.29 is 14.3 Å². The lowest BCUT2D eigenvalue weighted by Gasteiger charge is -2.21. The number of benzene rings is 3. The minimum absolute atomic E-state index is 0.0177. The number of nitrogens with zero attached hydrogens (tertiary/aromatic N) is 1. The van der Waals surface area contributed by atoms with E-state index in [1.807, 2.05) is 36.4 Å². The van der Waals surface area contributed by atoms with Gasteiger partial charge in [-0.2, -0.15) is 0 Å². The Morgan fingerprint density at radius 3 is 2.68 bits per heavy atom. The summed E-state index contributed by atoms with van der Waals surface area (Å²) in [6, 6.07) is 22.5. The lowest BCUT2D eigenvalue weighted by atomic mass is 10.1. The van der Waals surface area contributed by atoms with Crippen LogP contribution in [0.5, 0.6) is 11.5 Å². The lowest BCUT2D eigenvalue weighted by Crippen LogP contribution is -2.21. The first-order valence-corrected chi connectivity index (χ1v) is 10.9. The number of rotatable bonds is 6. The molecule has 0 radical (unpaired) electrons. The third-order valence-electron chi connectivity index (χ3n) is 5.88. The van der Waals surface area contributed by atoms with Gasteiger partial charge in [-0.1, -0.05) is 42.5 Å². The number of hydrogen-bond acceptors (Lipinski definition) is 4. The highest BCUT2D eigenvalue weighted by Crippen LogP contribution is 2.32. The largest absolute Gasteiger partial charge is 0.486 e. The molecule has 0 saturated heterocycles. The highest BCUT2D eigenvalue weighted by atomic mass is 16.6. The van der Waals surface area contributed by atoms with Crippen LogP contribution in [0.1, 0.15) is 23.1 Å². The number of carbonyl (C=O) groups is 1. The molecule has 0 spiro atoms. The van der Waals surface area contributed by atoms with E-state index in [0.717, 1.165) is 47.8 Å². The molecule has 158 valence electrons. The summed E-state index contributed by atoms with van der Waals surface area (Å²) in [5.74, 6) is 1.56. The van der Waals surface area contributed by atoms with Crippen molar-refractivity contribution in [3.63, 3.8) is 0 Å². The fraction of sp³-hybridized carbons (Fsp3) is 0.269. The van der Waals surface area contributed by atoms with E-state index in [1.165, 1.54) is 11.3 Å². The van der Waals surface area contributed by atoms with E-state index in [1.54, 1.807) is 0 Å². The molecule has 1 N–H and O–H groups in total. The summed E-state index contributed by atoms with van der Waals surface area (Å²) in [5.41, 5.74) is 5.78. The van der Waals surface area contributed by atoms with Crippen molar-refractivity contribution in [3.8, 4) is 11.5 Å². The fourth-order valence-corrected chi connectivity index (χ4v) is 4.27. The number of amides is 1. The second-order valence-electron chi connectivity index (χ2n) is 7.98. The summed E-state index contributed by atoms with van der Waals surface area (Å²) in [5, 5.41) is 3.12. The van der Waals surface area contributed by atoms with E-state index in [2.05, 4.69) is 40.5 Å². The smallest absolute Gasteiger partial charge is 0.224 e. The topological polar surface area (TPSA) is 50.8 Å². The SMILES string of the molecule is O=C(CCc1ccc2c(c1)OCCO2)Nc1ccccc1CN1CCc2ccccc21. The summed E-state index contributed by atoms with van der Waals surface area (Å²) >= 11 is 0. The van der Waals surface area contributed by atoms with Gasteiger partial charge >= 0.3 is 0 Å². The summed E-state index contributed by atoms with van der Waals surface area (Å²) in [6.07, 6.45) is 2.14. The number of anilines is 2. The van der Waals surface area contributed by atoms with Gasteiger partial charge in [0.1, 0.15) is 13.2 Å². The summed E-state index contributed by atoms with van der Waals surface area (Å²) in [6.45, 7) is 2.94. The van der Waals surface area contributed by atoms with Gasteiger partial charge in [0.05, 0.1) is 0 Å². The van der Waals surface area contributed by atoms with Crippen molar-refractivity contribution >= 4 is 17.3 Å². The van der Waals surface area contributed by atoms with Crippen molar-refractivity contribution in [1.29, 1.82) is 0 Å². The van der Waals surface area contributed by atoms with E-state index >= 15 is 0 Å². The Labute approximate surface area is 182 Å². The van der Waals surface area contributed by atoms with Gasteiger partial charge in [-0.25, -0.2) is 0 Å². The molecule has 0 aliphatic carbocycles. The Morgan fingerprint density at radius 2 is 1.74 bits per heavy atom. The first-order valence-electron chi connectivity index (χ1n) is 10.9. The number of ether oxygens (including phenoxy) is 2. The summed E-state index contributed by atoms with van der Waals surface area (Å²) < 4.78 is 11.2. The third-order valence-corrected chi connectivity index (χ3v) is 5.88. The molecule has 0 bridgehead atoms. The molecule has 5 rings (SSSR count). The van der Waals surface area contributed by atoms with Crippen molar-refractivity contribution in [1.82, 2.24) is 0 Å². The van der Waals surface area contributed by atoms with E-state index < -0.39 is 0 Å². The van der Waals surface area contributed by atoms with E-state index in [4.69, 9.17) is 9.47 Å². The van der Waals surface area contributed by atoms with Crippen molar-refractivity contribution in [3.05, 3.63) is 83.4 Å². The highest BCUT2D eigenvalue weighted by molar-refractivity contribution is 5.91. The number of fused-ring (bicyclic) bond motifs is 2. The van der Waals surface area contributed by atoms with Gasteiger partial charge in [-0.3, -0.25) is 4.79 Å². The Kier molecular flexibility index (Phi) is 5.48. The van der Waals surface area contributed by atoms with Crippen LogP contribution in [-0.4, -0.2) is 25.7 Å². The zero-order chi connectivity index (χ0) is 21.0. The molecule has 5 nitrogen and oxygen atoms in total. The maximum Gasteiger partial charge on any atom is 0.224 e. The molecular formula is C26H26N2O3. The van der Waals surface area contributed by atoms with Gasteiger partial charge in [0.2, 0.25) is 5.91 Å². The first-order chi connectivity index (χ1) is 15.3. The molecule has 0 saturated carbocycles. The molecule has 5 heteroatoms. The minimum atomic E-state index is 0.0177. The zero-order valence-corrected chi connectivity index (χ0v) is 17.5. The molecule has 2 aliphatic rings. The molecule has 0 fully saturated rings. The molecule has 0 atom stereocenters. The predicted octanol–water partition coefficient (Wildman–Crippen LogP) is 4.59. The van der Waals surface area contributed by atoms with E-state index in [-0.39, 0.29) is 5.91 Å². The van der Waals surface area contributed by atoms with Crippen molar-refractivity contribution in [2.24, 2.45) is 0 Å². The van der Waals surface area contributed by atoms with Gasteiger partial charge in [0, 0.05) is 30.9 Å². The number of carbonyl (C=O) groups excluding carboxylic acids is 1. The van der Waals surface area contributed by atoms with Crippen LogP contribution in [0, 0.1) is 0 Å². The van der Waals surface area contributed by atoms with Crippen LogP contribution < -0.4 is 19.7 Å². The second-order valence-corrected chi connectivity index (χ2v) is 7.98. The van der Waals surface area contributed by atoms with Gasteiger partial charge in [0.25, 0.3) is 0 Å². The zero-order valence-electron chi connectivity index (χ0n) is 17.5. The van der Waals surface area contributed by atoms with Gasteiger partial charge in [-0.05, 0) is 53.8 Å². The second kappa shape index (κ2) is 8.72. The molecule has 2 aliphatic heterocycles. The molecule has 0 unspecified atom stereocenters. The molecule has 31 heavy (non-hydrogen) atoms. The van der Waals surface area contributed by atoms with Crippen molar-refractivity contribution in [2.75, 3.05) is 30.0 Å². The van der Waals surface area contributed by atoms with Crippen LogP contribution in [-0.2, 0) is 24.2 Å². The molecule has 0 aromatic heterocycles. The van der Waals surface area contributed by atoms with Crippen LogP contribution in [0.15, 0.2) is 66.7 Å². The van der Waals surface area contributed by atoms with Crippen LogP contribution >= 0.6 is 0 Å². The maximum atomic E-state index is 12.7. The van der Waals surface area contributed by atoms with Crippen LogP contribution in [0.3, 0.4) is 0 Å². The average Bonchev–Trinajstić information content (AvgIpc) is 3.22. The quantitative estimate of drug-likeness (QED) is 0.641. The van der Waals surface area contributed by atoms with Crippen LogP contribution in [0.2, 0.25) is 0 Å². The first kappa shape index (κ1) is 19.5. The maximum absolute atomic E-state index is 12.7. The molecular weight excluding hydrogens is 388 g/mol. The third kappa shape index (κ3) is 4.36. The molecule has 2 heterocycles. The molecule has 1 amide bonds. The van der Waals surface area contributed by atoms with Gasteiger partial charge in [0.15, 0.2) is 11.5 Å². The fourth-order valence-electron chi connectivity index (χ4n) is 4.27. The summed E-state index contributed by atoms with van der Waals surface area (Å²) in [7, 11) is 0. The predicted molar refractivity (Wildman–Crippen MR) is 122 cm³/mol. The number of aryl methyl sites for hydroxylation is 1. The van der Waals surface area contributed by atoms with Crippen LogP contribution in [0.4, 0.5) is 11.4 Å². The Morgan fingerprint density at radius 1 is 0.935 bits per heavy atom. The Bertz CT molecular complexity index is 1100. The summed E-state index contributed by atoms with van der Waals surface area (Å²) in [4.78, 5) is 15.1. The normalized spacial score (nSPS) is 14.3. The Balaban J connectivity index is 1.22. The average molecular weight is 415 g/mol. The van der Waals surface area contributed by atoms with Crippen LogP contribution in [0.25, 0.3) is 0 Å².